The minimum absolute atomic E-state index is 0.122. The number of rotatable bonds is 9. The van der Waals surface area contributed by atoms with Gasteiger partial charge in [0.15, 0.2) is 0 Å². The third-order valence-electron chi connectivity index (χ3n) is 2.97. The summed E-state index contributed by atoms with van der Waals surface area (Å²) in [6.45, 7) is 5.83. The third kappa shape index (κ3) is 6.33. The van der Waals surface area contributed by atoms with Crippen molar-refractivity contribution in [3.63, 3.8) is 0 Å². The summed E-state index contributed by atoms with van der Waals surface area (Å²) in [6, 6.07) is 0. The molecule has 2 N–H and O–H groups in total. The fourth-order valence-corrected chi connectivity index (χ4v) is 1.98. The summed E-state index contributed by atoms with van der Waals surface area (Å²) in [6.07, 6.45) is 1.88. The van der Waals surface area contributed by atoms with Gasteiger partial charge in [0.25, 0.3) is 0 Å². The normalized spacial score (nSPS) is 22.2. The van der Waals surface area contributed by atoms with Crippen molar-refractivity contribution < 1.29 is 19.7 Å². The molecule has 1 heterocycles. The van der Waals surface area contributed by atoms with E-state index in [1.165, 1.54) is 0 Å². The lowest BCUT2D eigenvalue weighted by atomic mass is 10.2. The van der Waals surface area contributed by atoms with E-state index in [9.17, 15) is 5.11 Å². The fourth-order valence-electron chi connectivity index (χ4n) is 1.98. The van der Waals surface area contributed by atoms with Crippen LogP contribution in [0.2, 0.25) is 0 Å². The lowest BCUT2D eigenvalue weighted by Crippen LogP contribution is -2.37. The van der Waals surface area contributed by atoms with E-state index in [-0.39, 0.29) is 12.7 Å². The number of aliphatic hydroxyl groups excluding tert-OH is 2. The average molecular weight is 247 g/mol. The molecule has 0 aromatic carbocycles. The van der Waals surface area contributed by atoms with E-state index in [4.69, 9.17) is 14.6 Å². The van der Waals surface area contributed by atoms with Crippen LogP contribution in [-0.2, 0) is 9.47 Å². The van der Waals surface area contributed by atoms with Gasteiger partial charge in [-0.15, -0.1) is 0 Å². The van der Waals surface area contributed by atoms with Gasteiger partial charge in [-0.2, -0.15) is 0 Å². The molecule has 0 bridgehead atoms. The molecule has 0 aliphatic carbocycles. The molecule has 1 aliphatic heterocycles. The maximum atomic E-state index is 9.76. The molecule has 0 saturated carbocycles. The van der Waals surface area contributed by atoms with E-state index < -0.39 is 6.10 Å². The van der Waals surface area contributed by atoms with Crippen LogP contribution in [0.3, 0.4) is 0 Å². The Morgan fingerprint density at radius 3 is 2.94 bits per heavy atom. The monoisotopic (exact) mass is 247 g/mol. The number of hydrogen-bond donors (Lipinski definition) is 2. The Hall–Kier alpha value is -0.200. The van der Waals surface area contributed by atoms with E-state index in [1.54, 1.807) is 0 Å². The topological polar surface area (TPSA) is 62.2 Å². The molecule has 5 nitrogen and oxygen atoms in total. The minimum atomic E-state index is -0.497. The van der Waals surface area contributed by atoms with Gasteiger partial charge in [-0.3, -0.25) is 4.90 Å². The number of ether oxygens (including phenoxy) is 2. The standard InChI is InChI=1S/C12H25NO4/c1-2-13(5-6-14)8-11(15)9-16-10-12-4-3-7-17-12/h11-12,14-15H,2-10H2,1H3. The number of aliphatic hydroxyl groups is 2. The molecular weight excluding hydrogens is 222 g/mol. The van der Waals surface area contributed by atoms with Crippen LogP contribution in [0.25, 0.3) is 0 Å². The molecule has 0 radical (unpaired) electrons. The van der Waals surface area contributed by atoms with Gasteiger partial charge in [0.1, 0.15) is 0 Å². The Labute approximate surface area is 103 Å². The van der Waals surface area contributed by atoms with E-state index in [1.807, 2.05) is 11.8 Å². The lowest BCUT2D eigenvalue weighted by molar-refractivity contribution is -0.0256. The predicted octanol–water partition coefficient (Wildman–Crippen LogP) is -0.143. The van der Waals surface area contributed by atoms with E-state index in [0.717, 1.165) is 26.0 Å². The van der Waals surface area contributed by atoms with E-state index in [0.29, 0.717) is 26.3 Å². The van der Waals surface area contributed by atoms with Gasteiger partial charge in [-0.05, 0) is 19.4 Å². The summed E-state index contributed by atoms with van der Waals surface area (Å²) in [5.74, 6) is 0. The van der Waals surface area contributed by atoms with Crippen molar-refractivity contribution in [3.8, 4) is 0 Å². The van der Waals surface area contributed by atoms with E-state index >= 15 is 0 Å². The third-order valence-corrected chi connectivity index (χ3v) is 2.97. The van der Waals surface area contributed by atoms with Crippen LogP contribution in [0.4, 0.5) is 0 Å². The first-order chi connectivity index (χ1) is 8.26. The van der Waals surface area contributed by atoms with Crippen LogP contribution >= 0.6 is 0 Å². The van der Waals surface area contributed by atoms with Crippen LogP contribution in [0.1, 0.15) is 19.8 Å². The van der Waals surface area contributed by atoms with Crippen molar-refractivity contribution in [1.82, 2.24) is 4.90 Å². The molecule has 1 aliphatic rings. The Morgan fingerprint density at radius 1 is 1.53 bits per heavy atom. The maximum absolute atomic E-state index is 9.76. The van der Waals surface area contributed by atoms with Crippen LogP contribution in [0.15, 0.2) is 0 Å². The highest BCUT2D eigenvalue weighted by Gasteiger charge is 2.16. The van der Waals surface area contributed by atoms with Crippen molar-refractivity contribution in [3.05, 3.63) is 0 Å². The lowest BCUT2D eigenvalue weighted by Gasteiger charge is -2.22. The first kappa shape index (κ1) is 14.9. The SMILES string of the molecule is CCN(CCO)CC(O)COCC1CCCO1. The highest BCUT2D eigenvalue weighted by molar-refractivity contribution is 4.66. The van der Waals surface area contributed by atoms with Gasteiger partial charge in [0, 0.05) is 19.7 Å². The van der Waals surface area contributed by atoms with Crippen molar-refractivity contribution >= 4 is 0 Å². The van der Waals surface area contributed by atoms with Gasteiger partial charge in [-0.25, -0.2) is 0 Å². The molecule has 0 aromatic heterocycles. The molecule has 1 saturated heterocycles. The number of likely N-dealkylation sites (N-methyl/N-ethyl adjacent to an activating group) is 1. The zero-order valence-corrected chi connectivity index (χ0v) is 10.7. The maximum Gasteiger partial charge on any atom is 0.0900 e. The molecule has 0 spiro atoms. The largest absolute Gasteiger partial charge is 0.395 e. The summed E-state index contributed by atoms with van der Waals surface area (Å²) >= 11 is 0. The Bertz CT molecular complexity index is 185. The van der Waals surface area contributed by atoms with Gasteiger partial charge < -0.3 is 19.7 Å². The van der Waals surface area contributed by atoms with Crippen molar-refractivity contribution in [2.24, 2.45) is 0 Å². The minimum Gasteiger partial charge on any atom is -0.395 e. The Kier molecular flexibility index (Phi) is 7.72. The smallest absolute Gasteiger partial charge is 0.0900 e. The van der Waals surface area contributed by atoms with Crippen molar-refractivity contribution in [2.45, 2.75) is 32.0 Å². The molecule has 2 unspecified atom stereocenters. The summed E-state index contributed by atoms with van der Waals surface area (Å²) in [4.78, 5) is 2.00. The summed E-state index contributed by atoms with van der Waals surface area (Å²) in [5.41, 5.74) is 0. The van der Waals surface area contributed by atoms with Gasteiger partial charge in [0.2, 0.25) is 0 Å². The molecule has 1 fully saturated rings. The van der Waals surface area contributed by atoms with E-state index in [2.05, 4.69) is 0 Å². The molecule has 5 heteroatoms. The molecule has 0 amide bonds. The van der Waals surface area contributed by atoms with Crippen LogP contribution < -0.4 is 0 Å². The summed E-state index contributed by atoms with van der Waals surface area (Å²) in [7, 11) is 0. The second-order valence-electron chi connectivity index (χ2n) is 4.44. The van der Waals surface area contributed by atoms with Gasteiger partial charge >= 0.3 is 0 Å². The first-order valence-electron chi connectivity index (χ1n) is 6.46. The summed E-state index contributed by atoms with van der Waals surface area (Å²) < 4.78 is 10.9. The number of hydrogen-bond acceptors (Lipinski definition) is 5. The van der Waals surface area contributed by atoms with Crippen LogP contribution in [-0.4, -0.2) is 73.4 Å². The fraction of sp³-hybridized carbons (Fsp3) is 1.00. The number of nitrogens with zero attached hydrogens (tertiary/aromatic N) is 1. The van der Waals surface area contributed by atoms with Crippen molar-refractivity contribution in [1.29, 1.82) is 0 Å². The highest BCUT2D eigenvalue weighted by atomic mass is 16.5. The molecule has 102 valence electrons. The first-order valence-corrected chi connectivity index (χ1v) is 6.46. The molecular formula is C12H25NO4. The molecule has 2 atom stereocenters. The Balaban J connectivity index is 2.04. The second-order valence-corrected chi connectivity index (χ2v) is 4.44. The Morgan fingerprint density at radius 2 is 2.35 bits per heavy atom. The van der Waals surface area contributed by atoms with Gasteiger partial charge in [-0.1, -0.05) is 6.92 Å². The van der Waals surface area contributed by atoms with Crippen molar-refractivity contribution in [2.75, 3.05) is 46.1 Å². The zero-order valence-electron chi connectivity index (χ0n) is 10.7. The molecule has 1 rings (SSSR count). The van der Waals surface area contributed by atoms with Crippen LogP contribution in [0.5, 0.6) is 0 Å². The molecule has 0 aromatic rings. The highest BCUT2D eigenvalue weighted by Crippen LogP contribution is 2.11. The quantitative estimate of drug-likeness (QED) is 0.594. The van der Waals surface area contributed by atoms with Crippen LogP contribution in [0, 0.1) is 0 Å². The second kappa shape index (κ2) is 8.83. The van der Waals surface area contributed by atoms with Gasteiger partial charge in [0.05, 0.1) is 32.0 Å². The molecule has 17 heavy (non-hydrogen) atoms. The summed E-state index contributed by atoms with van der Waals surface area (Å²) in [5, 5.41) is 18.6. The predicted molar refractivity (Wildman–Crippen MR) is 65.0 cm³/mol. The zero-order chi connectivity index (χ0) is 12.5. The average Bonchev–Trinajstić information content (AvgIpc) is 2.81.